The van der Waals surface area contributed by atoms with Crippen LogP contribution in [0.15, 0.2) is 11.8 Å². The zero-order valence-electron chi connectivity index (χ0n) is 8.29. The van der Waals surface area contributed by atoms with Crippen molar-refractivity contribution in [1.29, 1.82) is 0 Å². The van der Waals surface area contributed by atoms with Gasteiger partial charge < -0.3 is 13.3 Å². The summed E-state index contributed by atoms with van der Waals surface area (Å²) in [6.07, 6.45) is 2.98. The minimum absolute atomic E-state index is 0.613. The van der Waals surface area contributed by atoms with Crippen LogP contribution in [-0.2, 0) is 13.3 Å². The second kappa shape index (κ2) is 6.36. The van der Waals surface area contributed by atoms with Crippen LogP contribution >= 0.6 is 0 Å². The van der Waals surface area contributed by atoms with Gasteiger partial charge in [0.1, 0.15) is 0 Å². The lowest BCUT2D eigenvalue weighted by Crippen LogP contribution is -2.42. The van der Waals surface area contributed by atoms with Crippen molar-refractivity contribution in [3.05, 3.63) is 11.8 Å². The maximum atomic E-state index is 5.44. The van der Waals surface area contributed by atoms with Crippen LogP contribution in [-0.4, -0.2) is 29.6 Å². The van der Waals surface area contributed by atoms with Crippen LogP contribution in [0.1, 0.15) is 20.3 Å². The minimum atomic E-state index is -2.44. The fourth-order valence-corrected chi connectivity index (χ4v) is 2.55. The van der Waals surface area contributed by atoms with Gasteiger partial charge in [0, 0.05) is 20.8 Å². The van der Waals surface area contributed by atoms with Gasteiger partial charge in [0.15, 0.2) is 0 Å². The van der Waals surface area contributed by atoms with Gasteiger partial charge in [-0.05, 0) is 19.0 Å². The molecule has 0 saturated heterocycles. The molecule has 4 heteroatoms. The van der Waals surface area contributed by atoms with Crippen molar-refractivity contribution in [2.75, 3.05) is 20.8 Å². The molecule has 0 bridgehead atoms. The molecule has 0 rings (SSSR count). The molecule has 0 atom stereocenters. The molecule has 0 aromatic rings. The average molecular weight is 190 g/mol. The molecule has 0 radical (unpaired) electrons. The summed E-state index contributed by atoms with van der Waals surface area (Å²) in [6.45, 7) is 4.61. The van der Waals surface area contributed by atoms with E-state index < -0.39 is 8.80 Å². The first kappa shape index (κ1) is 11.8. The van der Waals surface area contributed by atoms with Crippen LogP contribution in [0.3, 0.4) is 0 Å². The summed E-state index contributed by atoms with van der Waals surface area (Å²) in [4.78, 5) is 0. The highest BCUT2D eigenvalue weighted by Crippen LogP contribution is 2.09. The smallest absolute Gasteiger partial charge is 0.374 e. The first-order chi connectivity index (χ1) is 5.74. The van der Waals surface area contributed by atoms with E-state index in [9.17, 15) is 0 Å². The third-order valence-electron chi connectivity index (χ3n) is 1.47. The molecule has 0 spiro atoms. The molecule has 0 N–H and O–H groups in total. The summed E-state index contributed by atoms with van der Waals surface area (Å²) in [5.41, 5.74) is 1.91. The van der Waals surface area contributed by atoms with E-state index in [1.807, 2.05) is 18.7 Å². The van der Waals surface area contributed by atoms with Crippen molar-refractivity contribution in [3.63, 3.8) is 0 Å². The van der Waals surface area contributed by atoms with E-state index in [-0.39, 0.29) is 0 Å². The number of rotatable bonds is 6. The largest absolute Gasteiger partial charge is 0.528 e. The molecule has 0 aromatic carbocycles. The van der Waals surface area contributed by atoms with Gasteiger partial charge in [0.05, 0.1) is 0 Å². The Balaban J connectivity index is 4.23. The standard InChI is InChI=1S/C8H18O3Si/c1-5-7-8-12(9-3,10-4)11-6-2/h7-8H,5-6H2,1-4H3. The van der Waals surface area contributed by atoms with Crippen LogP contribution in [0.25, 0.3) is 0 Å². The molecule has 3 nitrogen and oxygen atoms in total. The van der Waals surface area contributed by atoms with Gasteiger partial charge in [0.25, 0.3) is 0 Å². The first-order valence-electron chi connectivity index (χ1n) is 4.16. The summed E-state index contributed by atoms with van der Waals surface area (Å²) in [5, 5.41) is 0. The van der Waals surface area contributed by atoms with Gasteiger partial charge in [0.2, 0.25) is 0 Å². The highest BCUT2D eigenvalue weighted by atomic mass is 28.4. The molecule has 0 aliphatic rings. The van der Waals surface area contributed by atoms with Crippen molar-refractivity contribution in [2.24, 2.45) is 0 Å². The Hall–Kier alpha value is -0.163. The van der Waals surface area contributed by atoms with Crippen LogP contribution in [0, 0.1) is 0 Å². The number of hydrogen-bond donors (Lipinski definition) is 0. The number of hydrogen-bond acceptors (Lipinski definition) is 3. The summed E-state index contributed by atoms with van der Waals surface area (Å²) >= 11 is 0. The second-order valence-corrected chi connectivity index (χ2v) is 4.90. The summed E-state index contributed by atoms with van der Waals surface area (Å²) in [6, 6.07) is 0. The van der Waals surface area contributed by atoms with E-state index in [2.05, 4.69) is 6.92 Å². The molecular weight excluding hydrogens is 172 g/mol. The Morgan fingerprint density at radius 1 is 1.17 bits per heavy atom. The van der Waals surface area contributed by atoms with Crippen LogP contribution in [0.4, 0.5) is 0 Å². The maximum absolute atomic E-state index is 5.44. The van der Waals surface area contributed by atoms with E-state index in [1.54, 1.807) is 14.2 Å². The van der Waals surface area contributed by atoms with Gasteiger partial charge >= 0.3 is 8.80 Å². The zero-order chi connectivity index (χ0) is 9.45. The quantitative estimate of drug-likeness (QED) is 0.597. The van der Waals surface area contributed by atoms with E-state index >= 15 is 0 Å². The molecule has 0 fully saturated rings. The van der Waals surface area contributed by atoms with E-state index in [0.717, 1.165) is 6.42 Å². The summed E-state index contributed by atoms with van der Waals surface area (Å²) in [5.74, 6) is 0. The normalized spacial score (nSPS) is 12.7. The summed E-state index contributed by atoms with van der Waals surface area (Å²) < 4.78 is 15.9. The third kappa shape index (κ3) is 3.49. The average Bonchev–Trinajstić information content (AvgIpc) is 2.13. The monoisotopic (exact) mass is 190 g/mol. The van der Waals surface area contributed by atoms with Gasteiger partial charge in [-0.2, -0.15) is 0 Å². The van der Waals surface area contributed by atoms with Crippen molar-refractivity contribution in [3.8, 4) is 0 Å². The molecule has 72 valence electrons. The van der Waals surface area contributed by atoms with Gasteiger partial charge in [-0.3, -0.25) is 0 Å². The first-order valence-corrected chi connectivity index (χ1v) is 5.96. The van der Waals surface area contributed by atoms with Crippen LogP contribution in [0.5, 0.6) is 0 Å². The van der Waals surface area contributed by atoms with Crippen molar-refractivity contribution < 1.29 is 13.3 Å². The Labute approximate surface area is 75.7 Å². The Kier molecular flexibility index (Phi) is 6.28. The van der Waals surface area contributed by atoms with Gasteiger partial charge in [-0.25, -0.2) is 0 Å². The van der Waals surface area contributed by atoms with Crippen LogP contribution in [0.2, 0.25) is 0 Å². The zero-order valence-corrected chi connectivity index (χ0v) is 9.29. The lowest BCUT2D eigenvalue weighted by Gasteiger charge is -2.21. The molecule has 0 aromatic heterocycles. The maximum Gasteiger partial charge on any atom is 0.528 e. The van der Waals surface area contributed by atoms with E-state index in [1.165, 1.54) is 0 Å². The van der Waals surface area contributed by atoms with Crippen LogP contribution < -0.4 is 0 Å². The Bertz CT molecular complexity index is 132. The minimum Gasteiger partial charge on any atom is -0.374 e. The molecular formula is C8H18O3Si. The van der Waals surface area contributed by atoms with Gasteiger partial charge in [-0.1, -0.05) is 13.0 Å². The molecule has 0 saturated carbocycles. The van der Waals surface area contributed by atoms with Crippen molar-refractivity contribution in [1.82, 2.24) is 0 Å². The predicted molar refractivity (Wildman–Crippen MR) is 50.8 cm³/mol. The van der Waals surface area contributed by atoms with E-state index in [4.69, 9.17) is 13.3 Å². The topological polar surface area (TPSA) is 27.7 Å². The molecule has 0 unspecified atom stereocenters. The Morgan fingerprint density at radius 2 is 1.75 bits per heavy atom. The van der Waals surface area contributed by atoms with E-state index in [0.29, 0.717) is 6.61 Å². The predicted octanol–water partition coefficient (Wildman–Crippen LogP) is 1.76. The van der Waals surface area contributed by atoms with Crippen molar-refractivity contribution in [2.45, 2.75) is 20.3 Å². The Morgan fingerprint density at radius 3 is 2.08 bits per heavy atom. The van der Waals surface area contributed by atoms with Crippen molar-refractivity contribution >= 4 is 8.80 Å². The molecule has 0 amide bonds. The molecule has 0 aliphatic carbocycles. The lowest BCUT2D eigenvalue weighted by molar-refractivity contribution is 0.118. The highest BCUT2D eigenvalue weighted by molar-refractivity contribution is 6.66. The van der Waals surface area contributed by atoms with Gasteiger partial charge in [-0.15, -0.1) is 0 Å². The lowest BCUT2D eigenvalue weighted by atomic mass is 10.5. The third-order valence-corrected chi connectivity index (χ3v) is 3.95. The molecule has 0 aliphatic heterocycles. The SMILES string of the molecule is CCC=C[Si](OC)(OC)OCC. The summed E-state index contributed by atoms with van der Waals surface area (Å²) in [7, 11) is 0.788. The molecule has 0 heterocycles. The number of allylic oxidation sites excluding steroid dienone is 1. The second-order valence-electron chi connectivity index (χ2n) is 2.26. The molecule has 12 heavy (non-hydrogen) atoms. The fourth-order valence-electron chi connectivity index (χ4n) is 0.849. The highest BCUT2D eigenvalue weighted by Gasteiger charge is 2.34. The fraction of sp³-hybridized carbons (Fsp3) is 0.750.